The van der Waals surface area contributed by atoms with E-state index in [0.717, 1.165) is 33.2 Å². The van der Waals surface area contributed by atoms with Gasteiger partial charge in [-0.1, -0.05) is 90.7 Å². The SMILES string of the molecule is CCc1ccc(C=C2SC(=S)N(CCCC(=O)N3c4ccccc4Sc4ccc(Cl)cc43)C2=O)cc1. The first-order valence-corrected chi connectivity index (χ1v) is 14.1. The fourth-order valence-corrected chi connectivity index (χ4v) is 6.70. The Bertz CT molecular complexity index is 1390. The normalized spacial score (nSPS) is 15.9. The second kappa shape index (κ2) is 10.8. The number of anilines is 2. The first-order valence-electron chi connectivity index (χ1n) is 11.7. The average molecular weight is 551 g/mol. The molecule has 0 unspecified atom stereocenters. The maximum absolute atomic E-state index is 13.5. The molecule has 3 aromatic rings. The molecule has 2 aliphatic rings. The number of aryl methyl sites for hydroxylation is 1. The van der Waals surface area contributed by atoms with Gasteiger partial charge in [-0.2, -0.15) is 0 Å². The van der Waals surface area contributed by atoms with Gasteiger partial charge >= 0.3 is 0 Å². The molecular formula is C28H23ClN2O2S3. The van der Waals surface area contributed by atoms with E-state index in [1.807, 2.05) is 60.7 Å². The van der Waals surface area contributed by atoms with Crippen LogP contribution in [0.4, 0.5) is 11.4 Å². The van der Waals surface area contributed by atoms with Crippen molar-refractivity contribution in [3.05, 3.63) is 87.8 Å². The highest BCUT2D eigenvalue weighted by Gasteiger charge is 2.32. The third-order valence-electron chi connectivity index (χ3n) is 6.07. The molecule has 3 aromatic carbocycles. The molecule has 1 fully saturated rings. The number of para-hydroxylation sites is 1. The van der Waals surface area contributed by atoms with Gasteiger partial charge in [0.15, 0.2) is 0 Å². The van der Waals surface area contributed by atoms with Gasteiger partial charge in [-0.05, 0) is 60.4 Å². The van der Waals surface area contributed by atoms with Crippen molar-refractivity contribution in [2.75, 3.05) is 11.4 Å². The Hall–Kier alpha value is -2.58. The van der Waals surface area contributed by atoms with Gasteiger partial charge in [0.05, 0.1) is 16.3 Å². The van der Waals surface area contributed by atoms with E-state index < -0.39 is 0 Å². The maximum atomic E-state index is 13.5. The van der Waals surface area contributed by atoms with E-state index in [9.17, 15) is 9.59 Å². The minimum atomic E-state index is -0.103. The predicted octanol–water partition coefficient (Wildman–Crippen LogP) is 7.71. The monoisotopic (exact) mass is 550 g/mol. The number of rotatable bonds is 6. The number of thioether (sulfide) groups is 1. The zero-order valence-electron chi connectivity index (χ0n) is 19.6. The summed E-state index contributed by atoms with van der Waals surface area (Å²) in [4.78, 5) is 32.4. The zero-order chi connectivity index (χ0) is 25.2. The van der Waals surface area contributed by atoms with Crippen molar-refractivity contribution in [1.29, 1.82) is 0 Å². The molecule has 0 saturated carbocycles. The highest BCUT2D eigenvalue weighted by atomic mass is 35.5. The van der Waals surface area contributed by atoms with Crippen LogP contribution >= 0.6 is 47.3 Å². The highest BCUT2D eigenvalue weighted by Crippen LogP contribution is 2.49. The summed E-state index contributed by atoms with van der Waals surface area (Å²) < 4.78 is 0.528. The van der Waals surface area contributed by atoms with Gasteiger partial charge in [-0.15, -0.1) is 0 Å². The van der Waals surface area contributed by atoms with Crippen molar-refractivity contribution < 1.29 is 9.59 Å². The van der Waals surface area contributed by atoms with Crippen LogP contribution in [0.5, 0.6) is 0 Å². The number of halogens is 1. The molecule has 0 spiro atoms. The summed E-state index contributed by atoms with van der Waals surface area (Å²) in [6, 6.07) is 21.6. The molecule has 2 aliphatic heterocycles. The third-order valence-corrected chi connectivity index (χ3v) is 8.81. The molecule has 0 aliphatic carbocycles. The molecule has 1 saturated heterocycles. The average Bonchev–Trinajstić information content (AvgIpc) is 3.15. The van der Waals surface area contributed by atoms with Crippen molar-refractivity contribution in [2.45, 2.75) is 36.0 Å². The first kappa shape index (κ1) is 25.1. The number of benzene rings is 3. The number of nitrogens with zero attached hydrogens (tertiary/aromatic N) is 2. The molecule has 4 nitrogen and oxygen atoms in total. The van der Waals surface area contributed by atoms with Gasteiger partial charge in [0.25, 0.3) is 5.91 Å². The van der Waals surface area contributed by atoms with E-state index in [1.54, 1.807) is 21.6 Å². The Kier molecular flexibility index (Phi) is 7.53. The summed E-state index contributed by atoms with van der Waals surface area (Å²) in [6.45, 7) is 2.51. The van der Waals surface area contributed by atoms with Crippen molar-refractivity contribution in [3.63, 3.8) is 0 Å². The Morgan fingerprint density at radius 2 is 1.75 bits per heavy atom. The van der Waals surface area contributed by atoms with Gasteiger partial charge in [-0.25, -0.2) is 0 Å². The lowest BCUT2D eigenvalue weighted by Crippen LogP contribution is -2.32. The molecule has 182 valence electrons. The fourth-order valence-electron chi connectivity index (χ4n) is 4.19. The number of hydrogen-bond acceptors (Lipinski definition) is 5. The molecule has 0 aromatic heterocycles. The van der Waals surface area contributed by atoms with Crippen LogP contribution < -0.4 is 4.90 Å². The van der Waals surface area contributed by atoms with E-state index >= 15 is 0 Å². The van der Waals surface area contributed by atoms with E-state index in [0.29, 0.717) is 27.2 Å². The van der Waals surface area contributed by atoms with E-state index in [4.69, 9.17) is 23.8 Å². The number of fused-ring (bicyclic) bond motifs is 2. The lowest BCUT2D eigenvalue weighted by molar-refractivity contribution is -0.123. The quantitative estimate of drug-likeness (QED) is 0.232. The molecule has 5 rings (SSSR count). The molecule has 0 atom stereocenters. The molecule has 0 N–H and O–H groups in total. The fraction of sp³-hybridized carbons (Fsp3) is 0.179. The van der Waals surface area contributed by atoms with E-state index in [2.05, 4.69) is 19.1 Å². The summed E-state index contributed by atoms with van der Waals surface area (Å²) >= 11 is 14.7. The molecule has 0 bridgehead atoms. The predicted molar refractivity (Wildman–Crippen MR) is 154 cm³/mol. The number of carbonyl (C=O) groups is 2. The minimum Gasteiger partial charge on any atom is -0.293 e. The standard InChI is InChI=1S/C28H23ClN2O2S3/c1-2-18-9-11-19(12-10-18)16-25-27(33)30(28(34)36-25)15-5-8-26(32)31-21-6-3-4-7-23(21)35-24-14-13-20(29)17-22(24)31/h3-4,6-7,9-14,16-17H,2,5,8,15H2,1H3. The van der Waals surface area contributed by atoms with Crippen LogP contribution in [0.2, 0.25) is 5.02 Å². The minimum absolute atomic E-state index is 0.0386. The van der Waals surface area contributed by atoms with Crippen molar-refractivity contribution in [2.24, 2.45) is 0 Å². The summed E-state index contributed by atoms with van der Waals surface area (Å²) in [6.07, 6.45) is 3.64. The van der Waals surface area contributed by atoms with Crippen molar-refractivity contribution in [3.8, 4) is 0 Å². The number of carbonyl (C=O) groups excluding carboxylic acids is 2. The van der Waals surface area contributed by atoms with Crippen molar-refractivity contribution >= 4 is 80.9 Å². The third kappa shape index (κ3) is 5.11. The summed E-state index contributed by atoms with van der Waals surface area (Å²) in [5.41, 5.74) is 3.87. The zero-order valence-corrected chi connectivity index (χ0v) is 22.8. The highest BCUT2D eigenvalue weighted by molar-refractivity contribution is 8.26. The van der Waals surface area contributed by atoms with Gasteiger partial charge in [0.2, 0.25) is 5.91 Å². The second-order valence-corrected chi connectivity index (χ2v) is 11.6. The maximum Gasteiger partial charge on any atom is 0.266 e. The molecule has 0 radical (unpaired) electrons. The topological polar surface area (TPSA) is 40.6 Å². The second-order valence-electron chi connectivity index (χ2n) is 8.44. The Morgan fingerprint density at radius 3 is 2.53 bits per heavy atom. The van der Waals surface area contributed by atoms with Crippen LogP contribution in [-0.2, 0) is 16.0 Å². The summed E-state index contributed by atoms with van der Waals surface area (Å²) in [5.74, 6) is -0.142. The van der Waals surface area contributed by atoms with Crippen LogP contribution in [-0.4, -0.2) is 27.6 Å². The van der Waals surface area contributed by atoms with E-state index in [-0.39, 0.29) is 18.2 Å². The van der Waals surface area contributed by atoms with Crippen LogP contribution in [0.3, 0.4) is 0 Å². The van der Waals surface area contributed by atoms with Crippen molar-refractivity contribution in [1.82, 2.24) is 4.90 Å². The van der Waals surface area contributed by atoms with Gasteiger partial charge < -0.3 is 0 Å². The summed E-state index contributed by atoms with van der Waals surface area (Å²) in [5, 5.41) is 0.584. The Labute approximate surface area is 229 Å². The van der Waals surface area contributed by atoms with E-state index in [1.165, 1.54) is 17.3 Å². The van der Waals surface area contributed by atoms with Gasteiger partial charge in [0, 0.05) is 27.8 Å². The van der Waals surface area contributed by atoms with Crippen LogP contribution in [0.15, 0.2) is 81.4 Å². The first-order chi connectivity index (χ1) is 17.4. The number of thiocarbonyl (C=S) groups is 1. The largest absolute Gasteiger partial charge is 0.293 e. The Morgan fingerprint density at radius 1 is 1.00 bits per heavy atom. The molecule has 2 amide bonds. The Balaban J connectivity index is 1.27. The molecule has 8 heteroatoms. The molecule has 2 heterocycles. The number of hydrogen-bond donors (Lipinski definition) is 0. The van der Waals surface area contributed by atoms with Gasteiger partial charge in [0.1, 0.15) is 4.32 Å². The summed E-state index contributed by atoms with van der Waals surface area (Å²) in [7, 11) is 0. The lowest BCUT2D eigenvalue weighted by atomic mass is 10.1. The lowest BCUT2D eigenvalue weighted by Gasteiger charge is -2.31. The molecule has 36 heavy (non-hydrogen) atoms. The van der Waals surface area contributed by atoms with Crippen LogP contribution in [0.25, 0.3) is 6.08 Å². The smallest absolute Gasteiger partial charge is 0.266 e. The number of amides is 2. The molecular weight excluding hydrogens is 528 g/mol. The van der Waals surface area contributed by atoms with Crippen LogP contribution in [0.1, 0.15) is 30.9 Å². The van der Waals surface area contributed by atoms with Crippen LogP contribution in [0, 0.1) is 0 Å². The van der Waals surface area contributed by atoms with Gasteiger partial charge in [-0.3, -0.25) is 19.4 Å².